The van der Waals surface area contributed by atoms with E-state index in [0.29, 0.717) is 0 Å². The van der Waals surface area contributed by atoms with Gasteiger partial charge in [0.1, 0.15) is 0 Å². The number of ether oxygens (including phenoxy) is 1. The van der Waals surface area contributed by atoms with Crippen molar-refractivity contribution in [2.45, 2.75) is 31.7 Å². The van der Waals surface area contributed by atoms with Gasteiger partial charge in [0.05, 0.1) is 17.7 Å². The lowest BCUT2D eigenvalue weighted by Crippen LogP contribution is -2.70. The molecule has 5 rings (SSSR count). The number of hydrogen-bond acceptors (Lipinski definition) is 5. The molecule has 1 amide bonds. The van der Waals surface area contributed by atoms with Crippen molar-refractivity contribution < 1.29 is 9.53 Å². The molecule has 0 N–H and O–H groups in total. The van der Waals surface area contributed by atoms with Crippen molar-refractivity contribution in [3.8, 4) is 6.07 Å². The first kappa shape index (κ1) is 19.1. The fraction of sp³-hybridized carbons (Fsp3) is 0.417. The number of aryl methyl sites for hydroxylation is 1. The number of nitrogens with zero attached hydrogens (tertiary/aromatic N) is 4. The van der Waals surface area contributed by atoms with Gasteiger partial charge >= 0.3 is 6.09 Å². The van der Waals surface area contributed by atoms with Crippen LogP contribution in [0.5, 0.6) is 0 Å². The van der Waals surface area contributed by atoms with Crippen molar-refractivity contribution in [3.05, 3.63) is 70.8 Å². The van der Waals surface area contributed by atoms with Gasteiger partial charge in [-0.2, -0.15) is 5.26 Å². The van der Waals surface area contributed by atoms with Crippen LogP contribution in [0.2, 0.25) is 0 Å². The Morgan fingerprint density at radius 2 is 1.83 bits per heavy atom. The number of carbonyl (C=O) groups excluding carboxylic acids is 1. The van der Waals surface area contributed by atoms with E-state index < -0.39 is 5.60 Å². The van der Waals surface area contributed by atoms with E-state index in [2.05, 4.69) is 46.2 Å². The molecule has 3 saturated heterocycles. The predicted molar refractivity (Wildman–Crippen MR) is 113 cm³/mol. The monoisotopic (exact) mass is 402 g/mol. The van der Waals surface area contributed by atoms with E-state index in [-0.39, 0.29) is 12.1 Å². The minimum atomic E-state index is -0.408. The highest BCUT2D eigenvalue weighted by molar-refractivity contribution is 5.72. The molecule has 30 heavy (non-hydrogen) atoms. The molecule has 6 heteroatoms. The normalized spacial score (nSPS) is 23.0. The third kappa shape index (κ3) is 3.34. The molecule has 3 aliphatic rings. The zero-order valence-electron chi connectivity index (χ0n) is 17.3. The van der Waals surface area contributed by atoms with Crippen molar-refractivity contribution in [2.75, 3.05) is 32.7 Å². The number of hydrogen-bond donors (Lipinski definition) is 0. The van der Waals surface area contributed by atoms with Gasteiger partial charge in [-0.1, -0.05) is 42.5 Å². The van der Waals surface area contributed by atoms with E-state index in [0.717, 1.165) is 62.5 Å². The smallest absolute Gasteiger partial charge is 0.410 e. The number of benzene rings is 2. The van der Waals surface area contributed by atoms with Crippen LogP contribution in [0, 0.1) is 18.3 Å². The number of likely N-dealkylation sites (tertiary alicyclic amines) is 1. The van der Waals surface area contributed by atoms with Crippen LogP contribution in [-0.4, -0.2) is 65.2 Å². The molecule has 0 aliphatic carbocycles. The van der Waals surface area contributed by atoms with Gasteiger partial charge in [0.25, 0.3) is 0 Å². The summed E-state index contributed by atoms with van der Waals surface area (Å²) in [6.07, 6.45) is -0.166. The average Bonchev–Trinajstić information content (AvgIpc) is 3.02. The van der Waals surface area contributed by atoms with Crippen LogP contribution in [0.25, 0.3) is 0 Å². The van der Waals surface area contributed by atoms with Crippen LogP contribution < -0.4 is 0 Å². The minimum Gasteiger partial charge on any atom is -0.438 e. The molecular formula is C24H26N4O2. The Morgan fingerprint density at radius 3 is 2.60 bits per heavy atom. The summed E-state index contributed by atoms with van der Waals surface area (Å²) in [5.74, 6) is 0. The maximum atomic E-state index is 12.5. The third-order valence-electron chi connectivity index (χ3n) is 6.66. The molecule has 0 aromatic heterocycles. The lowest BCUT2D eigenvalue weighted by Gasteiger charge is -2.51. The predicted octanol–water partition coefficient (Wildman–Crippen LogP) is 2.76. The molecule has 3 fully saturated rings. The summed E-state index contributed by atoms with van der Waals surface area (Å²) in [5, 5.41) is 9.27. The maximum Gasteiger partial charge on any atom is 0.410 e. The Labute approximate surface area is 177 Å². The van der Waals surface area contributed by atoms with Gasteiger partial charge in [-0.15, -0.1) is 0 Å². The molecule has 0 saturated carbocycles. The van der Waals surface area contributed by atoms with Crippen molar-refractivity contribution in [1.82, 2.24) is 14.7 Å². The van der Waals surface area contributed by atoms with Crippen LogP contribution >= 0.6 is 0 Å². The fourth-order valence-electron chi connectivity index (χ4n) is 5.04. The Kier molecular flexibility index (Phi) is 4.73. The lowest BCUT2D eigenvalue weighted by molar-refractivity contribution is -0.107. The van der Waals surface area contributed by atoms with E-state index in [1.165, 1.54) is 5.56 Å². The van der Waals surface area contributed by atoms with Crippen LogP contribution in [0.15, 0.2) is 48.5 Å². The Balaban J connectivity index is 1.25. The summed E-state index contributed by atoms with van der Waals surface area (Å²) in [4.78, 5) is 19.2. The number of carbonyl (C=O) groups is 1. The quantitative estimate of drug-likeness (QED) is 0.787. The lowest BCUT2D eigenvalue weighted by atomic mass is 9.84. The van der Waals surface area contributed by atoms with Gasteiger partial charge < -0.3 is 4.74 Å². The van der Waals surface area contributed by atoms with Crippen molar-refractivity contribution in [2.24, 2.45) is 0 Å². The van der Waals surface area contributed by atoms with E-state index in [1.807, 2.05) is 30.0 Å². The maximum absolute atomic E-state index is 12.5. The first-order valence-electron chi connectivity index (χ1n) is 10.5. The molecule has 2 aromatic carbocycles. The molecule has 154 valence electrons. The summed E-state index contributed by atoms with van der Waals surface area (Å²) < 4.78 is 5.93. The zero-order chi connectivity index (χ0) is 20.7. The SMILES string of the molecule is Cc1ccc(CN2CC3(C2)OC(=O)N2CCN(Cc4ccccc4)CC23)cc1C#N. The Morgan fingerprint density at radius 1 is 1.07 bits per heavy atom. The van der Waals surface area contributed by atoms with Crippen molar-refractivity contribution >= 4 is 6.09 Å². The molecule has 1 atom stereocenters. The van der Waals surface area contributed by atoms with E-state index in [4.69, 9.17) is 4.74 Å². The first-order chi connectivity index (χ1) is 14.6. The van der Waals surface area contributed by atoms with Gasteiger partial charge in [-0.05, 0) is 29.7 Å². The Bertz CT molecular complexity index is 994. The van der Waals surface area contributed by atoms with Gasteiger partial charge in [0.15, 0.2) is 5.60 Å². The molecule has 3 heterocycles. The average molecular weight is 402 g/mol. The number of fused-ring (bicyclic) bond motifs is 2. The van der Waals surface area contributed by atoms with Crippen molar-refractivity contribution in [1.29, 1.82) is 5.26 Å². The van der Waals surface area contributed by atoms with Crippen LogP contribution in [0.4, 0.5) is 4.79 Å². The number of nitriles is 1. The van der Waals surface area contributed by atoms with E-state index in [9.17, 15) is 10.1 Å². The fourth-order valence-corrected chi connectivity index (χ4v) is 5.04. The van der Waals surface area contributed by atoms with E-state index >= 15 is 0 Å². The Hall–Kier alpha value is -2.88. The van der Waals surface area contributed by atoms with Gasteiger partial charge in [0.2, 0.25) is 0 Å². The summed E-state index contributed by atoms with van der Waals surface area (Å²) >= 11 is 0. The zero-order valence-corrected chi connectivity index (χ0v) is 17.3. The molecule has 0 radical (unpaired) electrons. The number of piperazine rings is 1. The largest absolute Gasteiger partial charge is 0.438 e. The summed E-state index contributed by atoms with van der Waals surface area (Å²) in [5.41, 5.74) is 3.75. The first-order valence-corrected chi connectivity index (χ1v) is 10.5. The molecule has 6 nitrogen and oxygen atoms in total. The van der Waals surface area contributed by atoms with Gasteiger partial charge in [-0.3, -0.25) is 14.7 Å². The third-order valence-corrected chi connectivity index (χ3v) is 6.66. The second-order valence-electron chi connectivity index (χ2n) is 8.77. The minimum absolute atomic E-state index is 0.103. The second kappa shape index (κ2) is 7.42. The molecule has 0 bridgehead atoms. The summed E-state index contributed by atoms with van der Waals surface area (Å²) in [7, 11) is 0. The molecule has 2 aromatic rings. The van der Waals surface area contributed by atoms with Gasteiger partial charge in [0, 0.05) is 45.8 Å². The highest BCUT2D eigenvalue weighted by atomic mass is 16.6. The highest BCUT2D eigenvalue weighted by Crippen LogP contribution is 2.40. The van der Waals surface area contributed by atoms with Crippen LogP contribution in [0.1, 0.15) is 22.3 Å². The molecule has 1 spiro atoms. The topological polar surface area (TPSA) is 59.8 Å². The van der Waals surface area contributed by atoms with Gasteiger partial charge in [-0.25, -0.2) is 4.79 Å². The molecule has 3 aliphatic heterocycles. The summed E-state index contributed by atoms with van der Waals surface area (Å²) in [6, 6.07) is 18.9. The van der Waals surface area contributed by atoms with Crippen LogP contribution in [0.3, 0.4) is 0 Å². The standard InChI is InChI=1S/C24H26N4O2/c1-18-7-8-20(11-21(18)12-25)14-27-16-24(17-27)22-15-26(9-10-28(22)23(29)30-24)13-19-5-3-2-4-6-19/h2-8,11,22H,9-10,13-17H2,1H3. The molecular weight excluding hydrogens is 376 g/mol. The van der Waals surface area contributed by atoms with Crippen LogP contribution in [-0.2, 0) is 17.8 Å². The summed E-state index contributed by atoms with van der Waals surface area (Å²) in [6.45, 7) is 7.56. The van der Waals surface area contributed by atoms with E-state index in [1.54, 1.807) is 0 Å². The second-order valence-corrected chi connectivity index (χ2v) is 8.77. The number of amides is 1. The molecule has 1 unspecified atom stereocenters. The highest BCUT2D eigenvalue weighted by Gasteiger charge is 2.61. The van der Waals surface area contributed by atoms with Crippen molar-refractivity contribution in [3.63, 3.8) is 0 Å². The number of rotatable bonds is 4.